The Kier molecular flexibility index (Phi) is 4.07. The highest BCUT2D eigenvalue weighted by Gasteiger charge is 2.32. The first-order valence-electron chi connectivity index (χ1n) is 5.26. The molecule has 1 aromatic carbocycles. The summed E-state index contributed by atoms with van der Waals surface area (Å²) in [6, 6.07) is -0.533. The molecule has 3 nitrogen and oxygen atoms in total. The fourth-order valence-electron chi connectivity index (χ4n) is 1.69. The monoisotopic (exact) mass is 315 g/mol. The lowest BCUT2D eigenvalue weighted by molar-refractivity contribution is 0.417. The zero-order valence-electron chi connectivity index (χ0n) is 9.42. The molecule has 1 fully saturated rings. The molecule has 1 heterocycles. The average Bonchev–Trinajstić information content (AvgIpc) is 2.78. The third-order valence-electron chi connectivity index (χ3n) is 2.59. The van der Waals surface area contributed by atoms with Gasteiger partial charge in [0.2, 0.25) is 10.0 Å². The van der Waals surface area contributed by atoms with Crippen molar-refractivity contribution < 1.29 is 26.0 Å². The van der Waals surface area contributed by atoms with Crippen LogP contribution in [-0.4, -0.2) is 26.0 Å². The molecule has 0 spiro atoms. The van der Waals surface area contributed by atoms with E-state index in [1.54, 1.807) is 0 Å². The summed E-state index contributed by atoms with van der Waals surface area (Å²) >= 11 is 1.47. The zero-order chi connectivity index (χ0) is 14.2. The zero-order valence-corrected chi connectivity index (χ0v) is 11.1. The molecule has 0 saturated carbocycles. The van der Waals surface area contributed by atoms with Crippen LogP contribution in [0.25, 0.3) is 0 Å². The summed E-state index contributed by atoms with van der Waals surface area (Å²) in [5.41, 5.74) is 0. The Bertz CT molecular complexity index is 574. The Morgan fingerprint density at radius 2 is 1.74 bits per heavy atom. The summed E-state index contributed by atoms with van der Waals surface area (Å²) in [5.74, 6) is -6.19. The molecule has 106 valence electrons. The molecule has 2 rings (SSSR count). The number of hydrogen-bond acceptors (Lipinski definition) is 3. The molecule has 1 atom stereocenters. The number of nitrogens with one attached hydrogen (secondary N) is 1. The summed E-state index contributed by atoms with van der Waals surface area (Å²) < 4.78 is 78.4. The summed E-state index contributed by atoms with van der Waals surface area (Å²) in [4.78, 5) is -1.61. The fourth-order valence-corrected chi connectivity index (χ4v) is 4.38. The van der Waals surface area contributed by atoms with E-state index < -0.39 is 44.2 Å². The molecule has 0 radical (unpaired) electrons. The maximum atomic E-state index is 13.4. The first-order valence-corrected chi connectivity index (χ1v) is 7.90. The number of sulfonamides is 1. The molecule has 9 heteroatoms. The Morgan fingerprint density at radius 1 is 1.16 bits per heavy atom. The van der Waals surface area contributed by atoms with E-state index in [1.807, 2.05) is 4.72 Å². The molecule has 1 aliphatic rings. The smallest absolute Gasteiger partial charge is 0.207 e. The van der Waals surface area contributed by atoms with Crippen LogP contribution in [0.15, 0.2) is 11.0 Å². The third-order valence-corrected chi connectivity index (χ3v) is 5.29. The largest absolute Gasteiger partial charge is 0.246 e. The van der Waals surface area contributed by atoms with Gasteiger partial charge in [0.25, 0.3) is 0 Å². The second-order valence-electron chi connectivity index (χ2n) is 3.98. The van der Waals surface area contributed by atoms with Crippen molar-refractivity contribution in [1.82, 2.24) is 4.72 Å². The molecular weight excluding hydrogens is 306 g/mol. The second-order valence-corrected chi connectivity index (χ2v) is 6.78. The lowest BCUT2D eigenvalue weighted by atomic mass is 10.3. The van der Waals surface area contributed by atoms with Crippen molar-refractivity contribution in [2.75, 3.05) is 11.5 Å². The molecule has 1 aliphatic heterocycles. The van der Waals surface area contributed by atoms with E-state index in [1.165, 1.54) is 11.8 Å². The molecule has 19 heavy (non-hydrogen) atoms. The minimum Gasteiger partial charge on any atom is -0.207 e. The molecule has 0 unspecified atom stereocenters. The van der Waals surface area contributed by atoms with Gasteiger partial charge < -0.3 is 0 Å². The van der Waals surface area contributed by atoms with Crippen LogP contribution in [0.5, 0.6) is 0 Å². The van der Waals surface area contributed by atoms with Gasteiger partial charge in [-0.25, -0.2) is 30.7 Å². The minimum atomic E-state index is -4.64. The van der Waals surface area contributed by atoms with Gasteiger partial charge in [-0.15, -0.1) is 0 Å². The van der Waals surface area contributed by atoms with Crippen molar-refractivity contribution in [1.29, 1.82) is 0 Å². The van der Waals surface area contributed by atoms with E-state index in [9.17, 15) is 26.0 Å². The van der Waals surface area contributed by atoms with Crippen molar-refractivity contribution >= 4 is 21.8 Å². The van der Waals surface area contributed by atoms with Gasteiger partial charge in [-0.1, -0.05) is 0 Å². The highest BCUT2D eigenvalue weighted by atomic mass is 32.2. The van der Waals surface area contributed by atoms with Crippen LogP contribution in [0.3, 0.4) is 0 Å². The van der Waals surface area contributed by atoms with Gasteiger partial charge in [0.05, 0.1) is 0 Å². The van der Waals surface area contributed by atoms with Crippen LogP contribution in [0, 0.1) is 23.3 Å². The number of halogens is 4. The fraction of sp³-hybridized carbons (Fsp3) is 0.400. The van der Waals surface area contributed by atoms with E-state index >= 15 is 0 Å². The number of rotatable bonds is 3. The van der Waals surface area contributed by atoms with Crippen LogP contribution >= 0.6 is 11.8 Å². The summed E-state index contributed by atoms with van der Waals surface area (Å²) in [5, 5.41) is 0. The maximum Gasteiger partial charge on any atom is 0.246 e. The molecule has 1 aromatic rings. The molecule has 1 saturated heterocycles. The first kappa shape index (κ1) is 14.6. The first-order chi connectivity index (χ1) is 8.83. The van der Waals surface area contributed by atoms with Gasteiger partial charge in [0.1, 0.15) is 0 Å². The molecular formula is C10H9F4NO2S2. The van der Waals surface area contributed by atoms with Crippen LogP contribution < -0.4 is 4.72 Å². The van der Waals surface area contributed by atoms with E-state index in [-0.39, 0.29) is 6.07 Å². The van der Waals surface area contributed by atoms with Crippen LogP contribution in [0.1, 0.15) is 6.42 Å². The second kappa shape index (κ2) is 5.29. The summed E-state index contributed by atoms with van der Waals surface area (Å²) in [6.07, 6.45) is 0.491. The van der Waals surface area contributed by atoms with Crippen molar-refractivity contribution in [2.24, 2.45) is 0 Å². The Hall–Kier alpha value is -0.800. The molecule has 0 amide bonds. The SMILES string of the molecule is O=S(=O)(N[C@@H]1CCSC1)c1c(F)c(F)cc(F)c1F. The standard InChI is InChI=1S/C10H9F4NO2S2/c11-6-3-7(12)9(14)10(8(6)13)19(16,17)15-5-1-2-18-4-5/h3,5,15H,1-2,4H2/t5-/m1/s1. The molecule has 0 aromatic heterocycles. The molecule has 0 aliphatic carbocycles. The highest BCUT2D eigenvalue weighted by molar-refractivity contribution is 7.99. The van der Waals surface area contributed by atoms with Gasteiger partial charge in [0.15, 0.2) is 28.2 Å². The topological polar surface area (TPSA) is 46.2 Å². The number of hydrogen-bond donors (Lipinski definition) is 1. The van der Waals surface area contributed by atoms with E-state index in [0.29, 0.717) is 17.9 Å². The quantitative estimate of drug-likeness (QED) is 0.686. The highest BCUT2D eigenvalue weighted by Crippen LogP contribution is 2.25. The van der Waals surface area contributed by atoms with Crippen LogP contribution in [0.4, 0.5) is 17.6 Å². The summed E-state index contributed by atoms with van der Waals surface area (Å²) in [6.45, 7) is 0. The predicted molar refractivity (Wildman–Crippen MR) is 62.3 cm³/mol. The Labute approximate surface area is 111 Å². The van der Waals surface area contributed by atoms with Crippen LogP contribution in [0.2, 0.25) is 0 Å². The van der Waals surface area contributed by atoms with Crippen molar-refractivity contribution in [3.63, 3.8) is 0 Å². The number of thioether (sulfide) groups is 1. The van der Waals surface area contributed by atoms with Crippen molar-refractivity contribution in [2.45, 2.75) is 17.4 Å². The molecule has 0 bridgehead atoms. The average molecular weight is 315 g/mol. The minimum absolute atomic E-state index is 0.0326. The predicted octanol–water partition coefficient (Wildman–Crippen LogP) is 2.03. The van der Waals surface area contributed by atoms with E-state index in [0.717, 1.165) is 0 Å². The Morgan fingerprint density at radius 3 is 2.21 bits per heavy atom. The van der Waals surface area contributed by atoms with Gasteiger partial charge in [-0.2, -0.15) is 11.8 Å². The van der Waals surface area contributed by atoms with Gasteiger partial charge in [-0.05, 0) is 12.2 Å². The van der Waals surface area contributed by atoms with Crippen molar-refractivity contribution in [3.8, 4) is 0 Å². The third kappa shape index (κ3) is 2.87. The number of benzene rings is 1. The van der Waals surface area contributed by atoms with Gasteiger partial charge >= 0.3 is 0 Å². The van der Waals surface area contributed by atoms with E-state index in [2.05, 4.69) is 0 Å². The normalized spacial score (nSPS) is 19.9. The Balaban J connectivity index is 2.45. The summed E-state index contributed by atoms with van der Waals surface area (Å²) in [7, 11) is -4.64. The lowest BCUT2D eigenvalue weighted by Gasteiger charge is -2.13. The van der Waals surface area contributed by atoms with Gasteiger partial charge in [0, 0.05) is 17.9 Å². The lowest BCUT2D eigenvalue weighted by Crippen LogP contribution is -2.36. The van der Waals surface area contributed by atoms with E-state index in [4.69, 9.17) is 0 Å². The van der Waals surface area contributed by atoms with Crippen LogP contribution in [-0.2, 0) is 10.0 Å². The van der Waals surface area contributed by atoms with Gasteiger partial charge in [-0.3, -0.25) is 0 Å². The maximum absolute atomic E-state index is 13.4. The van der Waals surface area contributed by atoms with Crippen molar-refractivity contribution in [3.05, 3.63) is 29.3 Å². The molecule has 1 N–H and O–H groups in total.